The summed E-state index contributed by atoms with van der Waals surface area (Å²) < 4.78 is 5.99. The summed E-state index contributed by atoms with van der Waals surface area (Å²) in [5, 5.41) is 9.53. The van der Waals surface area contributed by atoms with Crippen LogP contribution in [0.4, 0.5) is 0 Å². The molecule has 2 aromatic carbocycles. The highest BCUT2D eigenvalue weighted by atomic mass is 79.9. The van der Waals surface area contributed by atoms with Crippen LogP contribution >= 0.6 is 15.9 Å². The van der Waals surface area contributed by atoms with E-state index in [-0.39, 0.29) is 0 Å². The Morgan fingerprint density at radius 1 is 1.21 bits per heavy atom. The van der Waals surface area contributed by atoms with E-state index in [4.69, 9.17) is 4.74 Å². The molecule has 4 heteroatoms. The minimum absolute atomic E-state index is 0.396. The number of carbonyl (C=O) groups is 1. The molecule has 3 nitrogen and oxygen atoms in total. The number of halogens is 1. The second-order valence-electron chi connectivity index (χ2n) is 4.12. The molecule has 1 unspecified atom stereocenters. The maximum Gasteiger partial charge on any atom is 0.343 e. The van der Waals surface area contributed by atoms with Gasteiger partial charge in [-0.15, -0.1) is 0 Å². The molecule has 0 aliphatic heterocycles. The van der Waals surface area contributed by atoms with Gasteiger partial charge >= 0.3 is 5.97 Å². The van der Waals surface area contributed by atoms with Crippen LogP contribution in [0.2, 0.25) is 0 Å². The van der Waals surface area contributed by atoms with E-state index in [1.165, 1.54) is 0 Å². The molecule has 0 bridgehead atoms. The fourth-order valence-corrected chi connectivity index (χ4v) is 1.92. The van der Waals surface area contributed by atoms with Gasteiger partial charge in [-0.25, -0.2) is 4.79 Å². The van der Waals surface area contributed by atoms with E-state index >= 15 is 0 Å². The summed E-state index contributed by atoms with van der Waals surface area (Å²) in [6.45, 7) is 1.66. The van der Waals surface area contributed by atoms with E-state index in [1.54, 1.807) is 49.4 Å². The lowest BCUT2D eigenvalue weighted by Gasteiger charge is -2.10. The third-order valence-corrected chi connectivity index (χ3v) is 3.30. The fraction of sp³-hybridized carbons (Fsp3) is 0.133. The number of benzene rings is 2. The van der Waals surface area contributed by atoms with Gasteiger partial charge in [-0.05, 0) is 52.7 Å². The van der Waals surface area contributed by atoms with Crippen molar-refractivity contribution in [2.24, 2.45) is 0 Å². The van der Waals surface area contributed by atoms with Crippen molar-refractivity contribution in [3.8, 4) is 5.75 Å². The average Bonchev–Trinajstić information content (AvgIpc) is 2.42. The molecular formula is C15H13BrO3. The van der Waals surface area contributed by atoms with Crippen LogP contribution in [0.15, 0.2) is 53.0 Å². The first kappa shape index (κ1) is 13.8. The lowest BCUT2D eigenvalue weighted by atomic mass is 10.1. The van der Waals surface area contributed by atoms with Crippen molar-refractivity contribution in [1.29, 1.82) is 0 Å². The molecular weight excluding hydrogens is 308 g/mol. The summed E-state index contributed by atoms with van der Waals surface area (Å²) in [4.78, 5) is 11.9. The second kappa shape index (κ2) is 5.99. The number of carbonyl (C=O) groups excluding carboxylic acids is 1. The molecule has 2 rings (SSSR count). The summed E-state index contributed by atoms with van der Waals surface area (Å²) in [7, 11) is 0. The molecule has 0 radical (unpaired) electrons. The number of aliphatic hydroxyl groups is 1. The van der Waals surface area contributed by atoms with Crippen molar-refractivity contribution >= 4 is 21.9 Å². The zero-order valence-electron chi connectivity index (χ0n) is 10.3. The zero-order chi connectivity index (χ0) is 13.8. The molecule has 0 aliphatic rings. The van der Waals surface area contributed by atoms with Crippen molar-refractivity contribution < 1.29 is 14.6 Å². The van der Waals surface area contributed by atoms with Gasteiger partial charge in [-0.1, -0.05) is 24.3 Å². The normalized spacial score (nSPS) is 11.9. The number of esters is 1. The highest BCUT2D eigenvalue weighted by Crippen LogP contribution is 2.29. The first-order valence-electron chi connectivity index (χ1n) is 5.82. The van der Waals surface area contributed by atoms with Crippen molar-refractivity contribution in [3.05, 3.63) is 64.1 Å². The number of ether oxygens (including phenoxy) is 1. The van der Waals surface area contributed by atoms with Crippen molar-refractivity contribution in [1.82, 2.24) is 0 Å². The number of aliphatic hydroxyl groups excluding tert-OH is 1. The van der Waals surface area contributed by atoms with Gasteiger partial charge in [0.1, 0.15) is 5.75 Å². The predicted octanol–water partition coefficient (Wildman–Crippen LogP) is 3.72. The lowest BCUT2D eigenvalue weighted by Crippen LogP contribution is -2.09. The Bertz CT molecular complexity index is 579. The molecule has 0 spiro atoms. The van der Waals surface area contributed by atoms with Crippen LogP contribution in [0.1, 0.15) is 28.9 Å². The van der Waals surface area contributed by atoms with Crippen LogP contribution in [0.25, 0.3) is 0 Å². The zero-order valence-corrected chi connectivity index (χ0v) is 11.9. The smallest absolute Gasteiger partial charge is 0.343 e. The maximum absolute atomic E-state index is 11.9. The molecule has 19 heavy (non-hydrogen) atoms. The third-order valence-electron chi connectivity index (χ3n) is 2.65. The number of rotatable bonds is 3. The number of hydrogen-bond donors (Lipinski definition) is 1. The van der Waals surface area contributed by atoms with Gasteiger partial charge in [-0.2, -0.15) is 0 Å². The minimum atomic E-state index is -0.609. The summed E-state index contributed by atoms with van der Waals surface area (Å²) in [6.07, 6.45) is -0.609. The Labute approximate surface area is 120 Å². The van der Waals surface area contributed by atoms with Gasteiger partial charge in [-0.3, -0.25) is 0 Å². The maximum atomic E-state index is 11.9. The van der Waals surface area contributed by atoms with Gasteiger partial charge < -0.3 is 9.84 Å². The Kier molecular flexibility index (Phi) is 4.35. The van der Waals surface area contributed by atoms with Gasteiger partial charge in [0.05, 0.1) is 16.1 Å². The summed E-state index contributed by atoms with van der Waals surface area (Å²) in [5.41, 5.74) is 1.18. The number of hydrogen-bond acceptors (Lipinski definition) is 3. The quantitative estimate of drug-likeness (QED) is 0.692. The third kappa shape index (κ3) is 3.43. The van der Waals surface area contributed by atoms with Crippen LogP contribution in [0.5, 0.6) is 5.75 Å². The van der Waals surface area contributed by atoms with Gasteiger partial charge in [0.25, 0.3) is 0 Å². The highest BCUT2D eigenvalue weighted by molar-refractivity contribution is 9.10. The molecule has 0 fully saturated rings. The largest absolute Gasteiger partial charge is 0.422 e. The van der Waals surface area contributed by atoms with E-state index in [0.717, 1.165) is 0 Å². The van der Waals surface area contributed by atoms with E-state index < -0.39 is 12.1 Å². The molecule has 0 amide bonds. The molecule has 98 valence electrons. The predicted molar refractivity (Wildman–Crippen MR) is 76.2 cm³/mol. The monoisotopic (exact) mass is 320 g/mol. The molecule has 1 atom stereocenters. The Balaban J connectivity index is 2.24. The molecule has 0 heterocycles. The summed E-state index contributed by atoms with van der Waals surface area (Å²) in [6, 6.07) is 13.9. The molecule has 0 aliphatic carbocycles. The fourth-order valence-electron chi connectivity index (χ4n) is 1.59. The second-order valence-corrected chi connectivity index (χ2v) is 4.98. The van der Waals surface area contributed by atoms with Crippen LogP contribution in [-0.4, -0.2) is 11.1 Å². The van der Waals surface area contributed by atoms with Gasteiger partial charge in [0.2, 0.25) is 0 Å². The molecule has 0 aromatic heterocycles. The minimum Gasteiger partial charge on any atom is -0.422 e. The van der Waals surface area contributed by atoms with Crippen molar-refractivity contribution in [2.75, 3.05) is 0 Å². The lowest BCUT2D eigenvalue weighted by molar-refractivity contribution is 0.0732. The first-order chi connectivity index (χ1) is 9.08. The van der Waals surface area contributed by atoms with Crippen molar-refractivity contribution in [2.45, 2.75) is 13.0 Å². The Morgan fingerprint density at radius 3 is 2.53 bits per heavy atom. The van der Waals surface area contributed by atoms with E-state index in [2.05, 4.69) is 15.9 Å². The van der Waals surface area contributed by atoms with Gasteiger partial charge in [0, 0.05) is 0 Å². The molecule has 0 saturated heterocycles. The standard InChI is InChI=1S/C15H13BrO3/c1-10(17)12-7-8-13(16)14(9-12)19-15(18)11-5-3-2-4-6-11/h2-10,17H,1H3. The van der Waals surface area contributed by atoms with Crippen LogP contribution in [0.3, 0.4) is 0 Å². The summed E-state index contributed by atoms with van der Waals surface area (Å²) >= 11 is 3.32. The highest BCUT2D eigenvalue weighted by Gasteiger charge is 2.12. The topological polar surface area (TPSA) is 46.5 Å². The Morgan fingerprint density at radius 2 is 1.89 bits per heavy atom. The molecule has 2 aromatic rings. The first-order valence-corrected chi connectivity index (χ1v) is 6.62. The molecule has 1 N–H and O–H groups in total. The Hall–Kier alpha value is -1.65. The van der Waals surface area contributed by atoms with Gasteiger partial charge in [0.15, 0.2) is 0 Å². The van der Waals surface area contributed by atoms with Crippen LogP contribution in [0, 0.1) is 0 Å². The van der Waals surface area contributed by atoms with E-state index in [1.807, 2.05) is 6.07 Å². The summed E-state index contributed by atoms with van der Waals surface area (Å²) in [5.74, 6) is -0.0312. The molecule has 0 saturated carbocycles. The van der Waals surface area contributed by atoms with E-state index in [9.17, 15) is 9.90 Å². The SMILES string of the molecule is CC(O)c1ccc(Br)c(OC(=O)c2ccccc2)c1. The average molecular weight is 321 g/mol. The van der Waals surface area contributed by atoms with Crippen LogP contribution < -0.4 is 4.74 Å². The van der Waals surface area contributed by atoms with E-state index in [0.29, 0.717) is 21.3 Å². The van der Waals surface area contributed by atoms with Crippen LogP contribution in [-0.2, 0) is 0 Å². The van der Waals surface area contributed by atoms with Crippen molar-refractivity contribution in [3.63, 3.8) is 0 Å².